The number of benzene rings is 1. The van der Waals surface area contributed by atoms with Crippen LogP contribution in [0.4, 0.5) is 0 Å². The van der Waals surface area contributed by atoms with Crippen LogP contribution < -0.4 is 43.4 Å². The minimum Gasteiger partial charge on any atom is -0.508 e. The third kappa shape index (κ3) is 43.0. The van der Waals surface area contributed by atoms with Crippen LogP contribution >= 0.6 is 0 Å². The number of ketones is 3. The molecule has 24 heteroatoms. The molecular formula is C66H112N8O16. The SMILES string of the molecule is CC(=O)CCCCCCCCCCCCCCCCCCC(=O)NCC1CCC(C(=O)NC(CCC(=O)NCCOCCOCC(=O)NCCOCCOCC(=O)NCCCC[C@H](NCC(=O)[C@H](C)N)C(=O)C[C@@H](Cc2ccc(O)cc2)C(N)=O)C(=O)O)CC1. The number of carboxylic acids is 1. The molecule has 1 aliphatic rings. The largest absolute Gasteiger partial charge is 0.508 e. The summed E-state index contributed by atoms with van der Waals surface area (Å²) in [5.74, 6) is -4.24. The molecule has 1 aromatic rings. The van der Waals surface area contributed by atoms with Crippen molar-refractivity contribution in [1.82, 2.24) is 31.9 Å². The van der Waals surface area contributed by atoms with Crippen molar-refractivity contribution in [3.63, 3.8) is 0 Å². The number of nitrogens with one attached hydrogen (secondary N) is 6. The Morgan fingerprint density at radius 1 is 0.544 bits per heavy atom. The molecule has 0 heterocycles. The van der Waals surface area contributed by atoms with Gasteiger partial charge in [0.15, 0.2) is 11.6 Å². The maximum absolute atomic E-state index is 13.3. The van der Waals surface area contributed by atoms with Crippen LogP contribution in [-0.4, -0.2) is 173 Å². The summed E-state index contributed by atoms with van der Waals surface area (Å²) in [5.41, 5.74) is 12.1. The van der Waals surface area contributed by atoms with Gasteiger partial charge in [-0.05, 0) is 108 Å². The number of unbranched alkanes of at least 4 members (excludes halogenated alkanes) is 16. The Kier molecular flexibility index (Phi) is 46.0. The lowest BCUT2D eigenvalue weighted by atomic mass is 9.81. The Morgan fingerprint density at radius 3 is 1.54 bits per heavy atom. The number of carboxylic acid groups (broad SMARTS) is 1. The lowest BCUT2D eigenvalue weighted by molar-refractivity contribution is -0.143. The van der Waals surface area contributed by atoms with Crippen LogP contribution in [0, 0.1) is 17.8 Å². The van der Waals surface area contributed by atoms with E-state index in [4.69, 9.17) is 30.4 Å². The fraction of sp³-hybridized carbons (Fsp3) is 0.758. The molecule has 1 aromatic carbocycles. The van der Waals surface area contributed by atoms with Crippen molar-refractivity contribution in [3.05, 3.63) is 29.8 Å². The van der Waals surface area contributed by atoms with E-state index >= 15 is 0 Å². The van der Waals surface area contributed by atoms with Gasteiger partial charge >= 0.3 is 5.97 Å². The zero-order chi connectivity index (χ0) is 66.0. The molecule has 0 aromatic heterocycles. The Labute approximate surface area is 534 Å². The average Bonchev–Trinajstić information content (AvgIpc) is 2.41. The number of aromatic hydroxyl groups is 1. The molecule has 0 aliphatic heterocycles. The Morgan fingerprint density at radius 2 is 1.03 bits per heavy atom. The minimum atomic E-state index is -1.21. The van der Waals surface area contributed by atoms with Gasteiger partial charge in [0.1, 0.15) is 30.8 Å². The first-order chi connectivity index (χ1) is 43.3. The van der Waals surface area contributed by atoms with E-state index in [2.05, 4.69) is 31.9 Å². The number of Topliss-reactive ketones (excluding diaryl/α,β-unsaturated/α-hetero) is 3. The molecule has 2 rings (SSSR count). The molecule has 1 unspecified atom stereocenters. The third-order valence-corrected chi connectivity index (χ3v) is 16.0. The molecule has 512 valence electrons. The van der Waals surface area contributed by atoms with Crippen LogP contribution in [0.5, 0.6) is 5.75 Å². The fourth-order valence-corrected chi connectivity index (χ4v) is 10.5. The standard InChI is InChI=1S/C66H112N8O16/c1-49(75)21-17-15-13-11-9-7-5-3-4-6-8-10-12-14-16-18-23-60(79)73-45-52-24-28-53(29-25-52)65(84)74-57(66(85)86)32-33-61(80)70-35-37-87-39-42-90-48-63(82)71-36-38-88-40-41-89-47-62(81)69-34-20-19-22-56(72-46-59(78)50(2)67)58(77)44-54(64(68)83)43-51-26-30-55(76)31-27-51/h26-27,30-31,50,52-54,56-57,72,76H,3-25,28-29,32-48,67H2,1-2H3,(H2,68,83)(H,69,81)(H,70,80)(H,71,82)(H,73,79)(H,74,84)(H,85,86)/t50-,52?,53?,54+,56-,57?/m0/s1. The lowest BCUT2D eigenvalue weighted by Crippen LogP contribution is -2.45. The first kappa shape index (κ1) is 80.2. The molecule has 1 fully saturated rings. The van der Waals surface area contributed by atoms with Crippen LogP contribution in [-0.2, 0) is 73.3 Å². The summed E-state index contributed by atoms with van der Waals surface area (Å²) in [6.45, 7) is 4.93. The number of ether oxygens (including phenoxy) is 4. The van der Waals surface area contributed by atoms with E-state index in [-0.39, 0.29) is 157 Å². The normalized spacial score (nSPS) is 15.2. The van der Waals surface area contributed by atoms with Gasteiger partial charge in [0, 0.05) is 63.7 Å². The Hall–Kier alpha value is -5.92. The quantitative estimate of drug-likeness (QED) is 0.0368. The van der Waals surface area contributed by atoms with Crippen LogP contribution in [0.15, 0.2) is 24.3 Å². The number of phenolic OH excluding ortho intramolecular Hbond substituents is 1. The average molecular weight is 1270 g/mol. The van der Waals surface area contributed by atoms with Gasteiger partial charge < -0.3 is 77.3 Å². The van der Waals surface area contributed by atoms with Gasteiger partial charge in [-0.3, -0.25) is 38.4 Å². The van der Waals surface area contributed by atoms with E-state index in [0.29, 0.717) is 57.4 Å². The van der Waals surface area contributed by atoms with E-state index in [9.17, 15) is 58.2 Å². The number of phenols is 1. The first-order valence-electron chi connectivity index (χ1n) is 33.4. The molecule has 0 spiro atoms. The topological polar surface area (TPSA) is 372 Å². The summed E-state index contributed by atoms with van der Waals surface area (Å²) in [6, 6.07) is 3.60. The molecule has 0 bridgehead atoms. The van der Waals surface area contributed by atoms with E-state index in [1.807, 2.05) is 0 Å². The number of carbonyl (C=O) groups excluding carboxylic acids is 9. The van der Waals surface area contributed by atoms with Crippen molar-refractivity contribution in [1.29, 1.82) is 0 Å². The maximum atomic E-state index is 13.3. The van der Waals surface area contributed by atoms with Gasteiger partial charge in [-0.2, -0.15) is 0 Å². The highest BCUT2D eigenvalue weighted by atomic mass is 16.5. The summed E-state index contributed by atoms with van der Waals surface area (Å²) < 4.78 is 21.6. The van der Waals surface area contributed by atoms with Crippen LogP contribution in [0.25, 0.3) is 0 Å². The molecule has 1 saturated carbocycles. The second-order valence-corrected chi connectivity index (χ2v) is 24.0. The molecule has 90 heavy (non-hydrogen) atoms. The van der Waals surface area contributed by atoms with Gasteiger partial charge in [0.25, 0.3) is 0 Å². The highest BCUT2D eigenvalue weighted by Crippen LogP contribution is 2.29. The predicted molar refractivity (Wildman–Crippen MR) is 342 cm³/mol. The number of primary amides is 1. The molecule has 24 nitrogen and oxygen atoms in total. The van der Waals surface area contributed by atoms with Gasteiger partial charge in [0.2, 0.25) is 35.4 Å². The van der Waals surface area contributed by atoms with E-state index in [0.717, 1.165) is 50.5 Å². The number of carbonyl (C=O) groups is 10. The minimum absolute atomic E-state index is 0.0671. The summed E-state index contributed by atoms with van der Waals surface area (Å²) in [7, 11) is 0. The molecule has 4 atom stereocenters. The molecule has 6 amide bonds. The van der Waals surface area contributed by atoms with E-state index in [1.54, 1.807) is 26.0 Å². The summed E-state index contributed by atoms with van der Waals surface area (Å²) >= 11 is 0. The van der Waals surface area contributed by atoms with Crippen molar-refractivity contribution in [2.24, 2.45) is 29.2 Å². The monoisotopic (exact) mass is 1270 g/mol. The molecule has 0 saturated heterocycles. The van der Waals surface area contributed by atoms with Crippen LogP contribution in [0.1, 0.15) is 199 Å². The van der Waals surface area contributed by atoms with Gasteiger partial charge in [-0.25, -0.2) is 4.79 Å². The number of hydrogen-bond donors (Lipinski definition) is 10. The zero-order valence-corrected chi connectivity index (χ0v) is 54.2. The zero-order valence-electron chi connectivity index (χ0n) is 54.2. The highest BCUT2D eigenvalue weighted by Gasteiger charge is 2.30. The van der Waals surface area contributed by atoms with Gasteiger partial charge in [-0.1, -0.05) is 102 Å². The van der Waals surface area contributed by atoms with Gasteiger partial charge in [-0.15, -0.1) is 0 Å². The van der Waals surface area contributed by atoms with Crippen molar-refractivity contribution in [2.45, 2.75) is 218 Å². The molecule has 12 N–H and O–H groups in total. The van der Waals surface area contributed by atoms with Gasteiger partial charge in [0.05, 0.1) is 58.3 Å². The number of aliphatic carboxylic acids is 1. The van der Waals surface area contributed by atoms with Crippen molar-refractivity contribution in [2.75, 3.05) is 85.6 Å². The Balaban J connectivity index is 1.42. The van der Waals surface area contributed by atoms with E-state index < -0.39 is 35.9 Å². The number of hydrogen-bond acceptors (Lipinski definition) is 17. The molecular weight excluding hydrogens is 1160 g/mol. The molecule has 0 radical (unpaired) electrons. The van der Waals surface area contributed by atoms with Crippen LogP contribution in [0.2, 0.25) is 0 Å². The van der Waals surface area contributed by atoms with Crippen molar-refractivity contribution < 1.29 is 77.1 Å². The summed E-state index contributed by atoms with van der Waals surface area (Å²) in [6.07, 6.45) is 24.8. The predicted octanol–water partition coefficient (Wildman–Crippen LogP) is 5.34. The smallest absolute Gasteiger partial charge is 0.326 e. The number of rotatable bonds is 58. The summed E-state index contributed by atoms with van der Waals surface area (Å²) in [4.78, 5) is 123. The fourth-order valence-electron chi connectivity index (χ4n) is 10.5. The number of amides is 6. The van der Waals surface area contributed by atoms with Crippen molar-refractivity contribution in [3.8, 4) is 5.75 Å². The highest BCUT2D eigenvalue weighted by molar-refractivity contribution is 5.91. The maximum Gasteiger partial charge on any atom is 0.326 e. The summed E-state index contributed by atoms with van der Waals surface area (Å²) in [5, 5.41) is 36.1. The third-order valence-electron chi connectivity index (χ3n) is 16.0. The second kappa shape index (κ2) is 51.7. The van der Waals surface area contributed by atoms with Crippen molar-refractivity contribution >= 4 is 58.8 Å². The molecule has 1 aliphatic carbocycles. The first-order valence-corrected chi connectivity index (χ1v) is 33.4. The lowest BCUT2D eigenvalue weighted by Gasteiger charge is -2.28. The number of nitrogens with two attached hydrogens (primary N) is 2. The Bertz CT molecular complexity index is 2210. The van der Waals surface area contributed by atoms with E-state index in [1.165, 1.54) is 89.2 Å². The van der Waals surface area contributed by atoms with Crippen LogP contribution in [0.3, 0.4) is 0 Å². The second-order valence-electron chi connectivity index (χ2n) is 24.0.